The number of benzene rings is 1. The van der Waals surface area contributed by atoms with Gasteiger partial charge < -0.3 is 25.8 Å². The Morgan fingerprint density at radius 1 is 1.26 bits per heavy atom. The molecular weight excluding hydrogens is 364 g/mol. The third-order valence-electron chi connectivity index (χ3n) is 3.66. The van der Waals surface area contributed by atoms with Crippen LogP contribution in [0, 0.1) is 13.8 Å². The number of para-hydroxylation sites is 1. The number of thiazole rings is 1. The quantitative estimate of drug-likeness (QED) is 0.310. The molecule has 1 amide bonds. The minimum absolute atomic E-state index is 0.258. The van der Waals surface area contributed by atoms with Gasteiger partial charge in [-0.05, 0) is 25.5 Å². The van der Waals surface area contributed by atoms with Gasteiger partial charge in [-0.2, -0.15) is 0 Å². The lowest BCUT2D eigenvalue weighted by Gasteiger charge is -2.10. The van der Waals surface area contributed by atoms with E-state index in [1.54, 1.807) is 11.3 Å². The van der Waals surface area contributed by atoms with Crippen molar-refractivity contribution >= 4 is 28.1 Å². The highest BCUT2D eigenvalue weighted by molar-refractivity contribution is 7.15. The fraction of sp³-hybridized carbons (Fsp3) is 0.368. The zero-order chi connectivity index (χ0) is 19.5. The van der Waals surface area contributed by atoms with Crippen LogP contribution in [0.3, 0.4) is 0 Å². The van der Waals surface area contributed by atoms with Crippen LogP contribution in [0.5, 0.6) is 0 Å². The number of amides is 1. The normalized spacial score (nSPS) is 10.9. The molecule has 0 unspecified atom stereocenters. The molecule has 0 atom stereocenters. The molecule has 0 saturated heterocycles. The first-order chi connectivity index (χ1) is 13.1. The molecule has 0 bridgehead atoms. The van der Waals surface area contributed by atoms with Crippen LogP contribution in [0.2, 0.25) is 0 Å². The molecule has 27 heavy (non-hydrogen) atoms. The summed E-state index contributed by atoms with van der Waals surface area (Å²) >= 11 is 1.62. The van der Waals surface area contributed by atoms with Crippen LogP contribution >= 0.6 is 11.3 Å². The molecule has 0 radical (unpaired) electrons. The molecule has 2 rings (SSSR count). The van der Waals surface area contributed by atoms with E-state index in [4.69, 9.17) is 15.2 Å². The number of carbonyl (C=O) groups excluding carboxylic acids is 1. The van der Waals surface area contributed by atoms with Crippen molar-refractivity contribution in [2.75, 3.05) is 37.0 Å². The molecule has 7 nitrogen and oxygen atoms in total. The van der Waals surface area contributed by atoms with Gasteiger partial charge in [0.1, 0.15) is 6.61 Å². The second-order valence-electron chi connectivity index (χ2n) is 5.74. The number of hydrogen-bond acceptors (Lipinski definition) is 7. The Morgan fingerprint density at radius 2 is 2.07 bits per heavy atom. The van der Waals surface area contributed by atoms with E-state index in [1.807, 2.05) is 38.1 Å². The largest absolute Gasteiger partial charge is 0.499 e. The van der Waals surface area contributed by atoms with E-state index in [0.717, 1.165) is 22.1 Å². The first-order valence-electron chi connectivity index (χ1n) is 8.73. The zero-order valence-corrected chi connectivity index (χ0v) is 16.5. The van der Waals surface area contributed by atoms with Crippen LogP contribution in [0.4, 0.5) is 10.8 Å². The maximum atomic E-state index is 12.1. The highest BCUT2D eigenvalue weighted by atomic mass is 32.1. The van der Waals surface area contributed by atoms with E-state index in [9.17, 15) is 4.79 Å². The van der Waals surface area contributed by atoms with Crippen molar-refractivity contribution in [1.29, 1.82) is 0 Å². The molecule has 0 saturated carbocycles. The number of ether oxygens (including phenoxy) is 2. The summed E-state index contributed by atoms with van der Waals surface area (Å²) < 4.78 is 10.4. The summed E-state index contributed by atoms with van der Waals surface area (Å²) in [7, 11) is 0. The molecule has 1 aromatic heterocycles. The number of nitrogens with one attached hydrogen (secondary N) is 2. The van der Waals surface area contributed by atoms with Crippen LogP contribution in [-0.2, 0) is 20.8 Å². The van der Waals surface area contributed by atoms with Gasteiger partial charge in [0.15, 0.2) is 5.13 Å². The molecule has 1 heterocycles. The second-order valence-corrected chi connectivity index (χ2v) is 6.94. The van der Waals surface area contributed by atoms with Gasteiger partial charge in [0.25, 0.3) is 5.91 Å². The van der Waals surface area contributed by atoms with Gasteiger partial charge >= 0.3 is 0 Å². The standard InChI is InChI=1S/C19H26N4O3S/c1-14-15(2)27-19(22-14)21-13-16-5-3-4-6-17(16)23-18(24)7-9-25-11-12-26-10-8-20/h3-7,9H,8,10-13,20H2,1-2H3,(H,21,22)(H,23,24). The molecule has 2 aromatic rings. The van der Waals surface area contributed by atoms with Gasteiger partial charge in [-0.1, -0.05) is 18.2 Å². The number of carbonyl (C=O) groups is 1. The number of hydrogen-bond donors (Lipinski definition) is 3. The average Bonchev–Trinajstić information content (AvgIpc) is 2.98. The predicted molar refractivity (Wildman–Crippen MR) is 109 cm³/mol. The van der Waals surface area contributed by atoms with Crippen molar-refractivity contribution in [2.45, 2.75) is 20.4 Å². The summed E-state index contributed by atoms with van der Waals surface area (Å²) in [5.74, 6) is -0.258. The Hall–Kier alpha value is -2.42. The molecule has 0 aliphatic rings. The van der Waals surface area contributed by atoms with Crippen molar-refractivity contribution in [1.82, 2.24) is 4.98 Å². The number of nitrogens with zero attached hydrogens (tertiary/aromatic N) is 1. The Balaban J connectivity index is 1.82. The zero-order valence-electron chi connectivity index (χ0n) is 15.7. The summed E-state index contributed by atoms with van der Waals surface area (Å²) in [6.07, 6.45) is 2.71. The van der Waals surface area contributed by atoms with Crippen LogP contribution in [0.15, 0.2) is 36.6 Å². The molecule has 1 aromatic carbocycles. The van der Waals surface area contributed by atoms with Crippen LogP contribution in [0.25, 0.3) is 0 Å². The number of nitrogens with two attached hydrogens (primary N) is 1. The third kappa shape index (κ3) is 7.38. The maximum Gasteiger partial charge on any atom is 0.251 e. The van der Waals surface area contributed by atoms with E-state index < -0.39 is 0 Å². The molecule has 146 valence electrons. The molecule has 0 aliphatic carbocycles. The minimum atomic E-state index is -0.258. The molecule has 0 aliphatic heterocycles. The van der Waals surface area contributed by atoms with Gasteiger partial charge in [0, 0.05) is 29.7 Å². The predicted octanol–water partition coefficient (Wildman–Crippen LogP) is 2.82. The number of aromatic nitrogens is 1. The SMILES string of the molecule is Cc1nc(NCc2ccccc2NC(=O)C=COCCOCCN)sc1C. The molecular formula is C19H26N4O3S. The van der Waals surface area contributed by atoms with Crippen molar-refractivity contribution < 1.29 is 14.3 Å². The van der Waals surface area contributed by atoms with E-state index in [1.165, 1.54) is 17.2 Å². The Morgan fingerprint density at radius 3 is 2.81 bits per heavy atom. The maximum absolute atomic E-state index is 12.1. The average molecular weight is 391 g/mol. The van der Waals surface area contributed by atoms with E-state index in [0.29, 0.717) is 32.9 Å². The first kappa shape index (κ1) is 20.9. The fourth-order valence-corrected chi connectivity index (χ4v) is 2.97. The van der Waals surface area contributed by atoms with Crippen molar-refractivity contribution in [2.24, 2.45) is 5.73 Å². The lowest BCUT2D eigenvalue weighted by atomic mass is 10.1. The monoisotopic (exact) mass is 390 g/mol. The Kier molecular flexibility index (Phi) is 8.76. The third-order valence-corrected chi connectivity index (χ3v) is 4.69. The summed E-state index contributed by atoms with van der Waals surface area (Å²) in [5.41, 5.74) is 8.07. The Bertz CT molecular complexity index is 742. The van der Waals surface area contributed by atoms with Gasteiger partial charge in [-0.3, -0.25) is 4.79 Å². The summed E-state index contributed by atoms with van der Waals surface area (Å²) in [6, 6.07) is 7.64. The Labute approximate surface area is 163 Å². The van der Waals surface area contributed by atoms with Crippen LogP contribution in [-0.4, -0.2) is 37.3 Å². The highest BCUT2D eigenvalue weighted by Gasteiger charge is 2.07. The lowest BCUT2D eigenvalue weighted by Crippen LogP contribution is -2.12. The molecule has 8 heteroatoms. The highest BCUT2D eigenvalue weighted by Crippen LogP contribution is 2.23. The smallest absolute Gasteiger partial charge is 0.251 e. The van der Waals surface area contributed by atoms with Crippen molar-refractivity contribution in [3.05, 3.63) is 52.7 Å². The van der Waals surface area contributed by atoms with E-state index in [-0.39, 0.29) is 5.91 Å². The number of anilines is 2. The topological polar surface area (TPSA) is 98.5 Å². The number of aryl methyl sites for hydroxylation is 2. The van der Waals surface area contributed by atoms with E-state index >= 15 is 0 Å². The van der Waals surface area contributed by atoms with Crippen molar-refractivity contribution in [3.8, 4) is 0 Å². The molecule has 0 fully saturated rings. The minimum Gasteiger partial charge on any atom is -0.499 e. The van der Waals surface area contributed by atoms with Gasteiger partial charge in [-0.25, -0.2) is 4.98 Å². The molecule has 4 N–H and O–H groups in total. The summed E-state index contributed by atoms with van der Waals surface area (Å²) in [4.78, 5) is 17.7. The molecule has 0 spiro atoms. The number of rotatable bonds is 11. The van der Waals surface area contributed by atoms with Crippen LogP contribution in [0.1, 0.15) is 16.1 Å². The fourth-order valence-electron chi connectivity index (χ4n) is 2.16. The first-order valence-corrected chi connectivity index (χ1v) is 9.54. The van der Waals surface area contributed by atoms with Gasteiger partial charge in [0.2, 0.25) is 0 Å². The van der Waals surface area contributed by atoms with E-state index in [2.05, 4.69) is 15.6 Å². The van der Waals surface area contributed by atoms with Crippen molar-refractivity contribution in [3.63, 3.8) is 0 Å². The summed E-state index contributed by atoms with van der Waals surface area (Å²) in [5, 5.41) is 7.04. The summed E-state index contributed by atoms with van der Waals surface area (Å²) in [6.45, 7) is 6.40. The van der Waals surface area contributed by atoms with Gasteiger partial charge in [-0.15, -0.1) is 11.3 Å². The van der Waals surface area contributed by atoms with Gasteiger partial charge in [0.05, 0.1) is 25.2 Å². The van der Waals surface area contributed by atoms with Crippen LogP contribution < -0.4 is 16.4 Å². The second kappa shape index (κ2) is 11.3. The lowest BCUT2D eigenvalue weighted by molar-refractivity contribution is -0.112.